The van der Waals surface area contributed by atoms with E-state index in [-0.39, 0.29) is 5.91 Å². The molecule has 0 unspecified atom stereocenters. The summed E-state index contributed by atoms with van der Waals surface area (Å²) in [6.45, 7) is 6.08. The van der Waals surface area contributed by atoms with Crippen LogP contribution in [0.15, 0.2) is 12.1 Å². The predicted octanol–water partition coefficient (Wildman–Crippen LogP) is 1.64. The SMILES string of the molecule is Cc1nc(N2CCCN(CC(=O)N(C)C)CC2)ccc1Cl. The van der Waals surface area contributed by atoms with Gasteiger partial charge in [-0.15, -0.1) is 0 Å². The summed E-state index contributed by atoms with van der Waals surface area (Å²) in [5, 5.41) is 0.701. The molecule has 0 aromatic carbocycles. The smallest absolute Gasteiger partial charge is 0.236 e. The standard InChI is InChI=1S/C15H23ClN4O/c1-12-13(16)5-6-14(17-12)20-8-4-7-19(9-10-20)11-15(21)18(2)3/h5-6H,4,7-11H2,1-3H3. The Labute approximate surface area is 131 Å². The Balaban J connectivity index is 1.97. The van der Waals surface area contributed by atoms with Crippen molar-refractivity contribution >= 4 is 23.3 Å². The van der Waals surface area contributed by atoms with E-state index in [1.54, 1.807) is 19.0 Å². The van der Waals surface area contributed by atoms with Crippen LogP contribution in [-0.4, -0.2) is 67.5 Å². The molecule has 1 saturated heterocycles. The molecule has 5 nitrogen and oxygen atoms in total. The molecule has 0 saturated carbocycles. The number of aromatic nitrogens is 1. The van der Waals surface area contributed by atoms with E-state index >= 15 is 0 Å². The van der Waals surface area contributed by atoms with E-state index in [2.05, 4.69) is 14.8 Å². The normalized spacial score (nSPS) is 16.7. The summed E-state index contributed by atoms with van der Waals surface area (Å²) in [6, 6.07) is 3.87. The molecule has 0 N–H and O–H groups in total. The molecule has 0 atom stereocenters. The summed E-state index contributed by atoms with van der Waals surface area (Å²) in [4.78, 5) is 22.5. The van der Waals surface area contributed by atoms with E-state index in [0.29, 0.717) is 11.6 Å². The fourth-order valence-electron chi connectivity index (χ4n) is 2.40. The Bertz CT molecular complexity index is 506. The van der Waals surface area contributed by atoms with Crippen molar-refractivity contribution in [3.8, 4) is 0 Å². The van der Waals surface area contributed by atoms with Crippen LogP contribution in [0, 0.1) is 6.92 Å². The van der Waals surface area contributed by atoms with Crippen molar-refractivity contribution in [3.05, 3.63) is 22.8 Å². The van der Waals surface area contributed by atoms with Gasteiger partial charge in [-0.3, -0.25) is 9.69 Å². The second-order valence-corrected chi connectivity index (χ2v) is 6.05. The number of aryl methyl sites for hydroxylation is 1. The Morgan fingerprint density at radius 2 is 2.05 bits per heavy atom. The first-order valence-electron chi connectivity index (χ1n) is 7.28. The van der Waals surface area contributed by atoms with Gasteiger partial charge in [-0.05, 0) is 25.5 Å². The van der Waals surface area contributed by atoms with Crippen molar-refractivity contribution in [2.45, 2.75) is 13.3 Å². The fraction of sp³-hybridized carbons (Fsp3) is 0.600. The van der Waals surface area contributed by atoms with E-state index in [4.69, 9.17) is 11.6 Å². The van der Waals surface area contributed by atoms with Gasteiger partial charge in [0.1, 0.15) is 5.82 Å². The molecule has 1 aliphatic heterocycles. The van der Waals surface area contributed by atoms with E-state index in [1.807, 2.05) is 19.1 Å². The lowest BCUT2D eigenvalue weighted by Gasteiger charge is -2.23. The van der Waals surface area contributed by atoms with Gasteiger partial charge in [0.15, 0.2) is 0 Å². The van der Waals surface area contributed by atoms with Crippen LogP contribution < -0.4 is 4.90 Å². The highest BCUT2D eigenvalue weighted by molar-refractivity contribution is 6.31. The Hall–Kier alpha value is -1.33. The van der Waals surface area contributed by atoms with Crippen LogP contribution in [0.5, 0.6) is 0 Å². The first-order chi connectivity index (χ1) is 9.97. The highest BCUT2D eigenvalue weighted by Crippen LogP contribution is 2.19. The lowest BCUT2D eigenvalue weighted by atomic mass is 10.3. The summed E-state index contributed by atoms with van der Waals surface area (Å²) in [5.74, 6) is 1.13. The molecule has 116 valence electrons. The van der Waals surface area contributed by atoms with Gasteiger partial charge in [-0.1, -0.05) is 11.6 Å². The van der Waals surface area contributed by atoms with E-state index in [1.165, 1.54) is 0 Å². The molecule has 1 aromatic rings. The van der Waals surface area contributed by atoms with Crippen LogP contribution in [0.4, 0.5) is 5.82 Å². The van der Waals surface area contributed by atoms with E-state index < -0.39 is 0 Å². The number of halogens is 1. The molecule has 0 bridgehead atoms. The quantitative estimate of drug-likeness (QED) is 0.851. The molecule has 2 heterocycles. The number of amides is 1. The number of anilines is 1. The number of hydrogen-bond acceptors (Lipinski definition) is 4. The summed E-state index contributed by atoms with van der Waals surface area (Å²) in [5.41, 5.74) is 0.859. The average Bonchev–Trinajstić information content (AvgIpc) is 2.67. The van der Waals surface area contributed by atoms with Crippen LogP contribution >= 0.6 is 11.6 Å². The zero-order chi connectivity index (χ0) is 15.4. The van der Waals surface area contributed by atoms with Gasteiger partial charge < -0.3 is 9.80 Å². The third-order valence-electron chi connectivity index (χ3n) is 3.78. The molecular weight excluding hydrogens is 288 g/mol. The number of nitrogens with zero attached hydrogens (tertiary/aromatic N) is 4. The molecule has 21 heavy (non-hydrogen) atoms. The minimum absolute atomic E-state index is 0.156. The number of rotatable bonds is 3. The second kappa shape index (κ2) is 7.09. The molecule has 1 aromatic heterocycles. The van der Waals surface area contributed by atoms with Gasteiger partial charge in [0.25, 0.3) is 0 Å². The Morgan fingerprint density at radius 3 is 2.71 bits per heavy atom. The van der Waals surface area contributed by atoms with Crippen molar-refractivity contribution in [2.75, 3.05) is 51.7 Å². The lowest BCUT2D eigenvalue weighted by Crippen LogP contribution is -2.38. The first kappa shape index (κ1) is 16.0. The molecule has 2 rings (SSSR count). The van der Waals surface area contributed by atoms with Crippen LogP contribution in [0.3, 0.4) is 0 Å². The third-order valence-corrected chi connectivity index (χ3v) is 4.18. The van der Waals surface area contributed by atoms with Crippen LogP contribution in [0.2, 0.25) is 5.02 Å². The molecule has 1 fully saturated rings. The number of carbonyl (C=O) groups is 1. The Kier molecular flexibility index (Phi) is 5.42. The average molecular weight is 311 g/mol. The summed E-state index contributed by atoms with van der Waals surface area (Å²) in [7, 11) is 3.60. The molecular formula is C15H23ClN4O. The Morgan fingerprint density at radius 1 is 1.29 bits per heavy atom. The maximum atomic E-state index is 11.8. The summed E-state index contributed by atoms with van der Waals surface area (Å²) >= 11 is 6.03. The van der Waals surface area contributed by atoms with Gasteiger partial charge >= 0.3 is 0 Å². The molecule has 6 heteroatoms. The number of carbonyl (C=O) groups excluding carboxylic acids is 1. The largest absolute Gasteiger partial charge is 0.355 e. The van der Waals surface area contributed by atoms with Gasteiger partial charge in [0.05, 0.1) is 17.3 Å². The highest BCUT2D eigenvalue weighted by atomic mass is 35.5. The van der Waals surface area contributed by atoms with Crippen molar-refractivity contribution in [1.29, 1.82) is 0 Å². The predicted molar refractivity (Wildman–Crippen MR) is 85.9 cm³/mol. The minimum Gasteiger partial charge on any atom is -0.355 e. The van der Waals surface area contributed by atoms with Crippen molar-refractivity contribution in [1.82, 2.24) is 14.8 Å². The van der Waals surface area contributed by atoms with Crippen LogP contribution in [-0.2, 0) is 4.79 Å². The van der Waals surface area contributed by atoms with Crippen molar-refractivity contribution in [3.63, 3.8) is 0 Å². The van der Waals surface area contributed by atoms with Gasteiger partial charge in [-0.2, -0.15) is 0 Å². The monoisotopic (exact) mass is 310 g/mol. The first-order valence-corrected chi connectivity index (χ1v) is 7.66. The molecule has 0 aliphatic carbocycles. The highest BCUT2D eigenvalue weighted by Gasteiger charge is 2.18. The number of pyridine rings is 1. The molecule has 0 spiro atoms. The van der Waals surface area contributed by atoms with Gasteiger partial charge in [-0.25, -0.2) is 4.98 Å². The summed E-state index contributed by atoms with van der Waals surface area (Å²) < 4.78 is 0. The lowest BCUT2D eigenvalue weighted by molar-refractivity contribution is -0.129. The maximum Gasteiger partial charge on any atom is 0.236 e. The maximum absolute atomic E-state index is 11.8. The van der Waals surface area contributed by atoms with Gasteiger partial charge in [0.2, 0.25) is 5.91 Å². The van der Waals surface area contributed by atoms with Crippen molar-refractivity contribution < 1.29 is 4.79 Å². The van der Waals surface area contributed by atoms with E-state index in [9.17, 15) is 4.79 Å². The molecule has 1 amide bonds. The fourth-order valence-corrected chi connectivity index (χ4v) is 2.50. The van der Waals surface area contributed by atoms with Crippen LogP contribution in [0.25, 0.3) is 0 Å². The summed E-state index contributed by atoms with van der Waals surface area (Å²) in [6.07, 6.45) is 1.03. The number of hydrogen-bond donors (Lipinski definition) is 0. The molecule has 1 aliphatic rings. The number of likely N-dealkylation sites (N-methyl/N-ethyl adjacent to an activating group) is 1. The van der Waals surface area contributed by atoms with Gasteiger partial charge in [0, 0.05) is 40.3 Å². The minimum atomic E-state index is 0.156. The zero-order valence-corrected chi connectivity index (χ0v) is 13.7. The van der Waals surface area contributed by atoms with E-state index in [0.717, 1.165) is 44.1 Å². The third kappa shape index (κ3) is 4.32. The molecule has 0 radical (unpaired) electrons. The van der Waals surface area contributed by atoms with Crippen molar-refractivity contribution in [2.24, 2.45) is 0 Å². The second-order valence-electron chi connectivity index (χ2n) is 5.64. The zero-order valence-electron chi connectivity index (χ0n) is 13.0. The topological polar surface area (TPSA) is 39.7 Å². The van der Waals surface area contributed by atoms with Crippen LogP contribution in [0.1, 0.15) is 12.1 Å².